The summed E-state index contributed by atoms with van der Waals surface area (Å²) >= 11 is 0. The van der Waals surface area contributed by atoms with Crippen molar-refractivity contribution in [1.82, 2.24) is 5.32 Å². The van der Waals surface area contributed by atoms with E-state index < -0.39 is 11.7 Å². The van der Waals surface area contributed by atoms with Gasteiger partial charge in [-0.1, -0.05) is 48.9 Å². The number of hydrogen-bond donors (Lipinski definition) is 1. The van der Waals surface area contributed by atoms with Crippen LogP contribution in [0.15, 0.2) is 54.6 Å². The van der Waals surface area contributed by atoms with Gasteiger partial charge >= 0.3 is 6.09 Å². The van der Waals surface area contributed by atoms with Crippen LogP contribution in [0.3, 0.4) is 0 Å². The second-order valence-corrected chi connectivity index (χ2v) is 9.35. The highest BCUT2D eigenvalue weighted by Gasteiger charge is 2.18. The molecule has 0 aliphatic heterocycles. The maximum Gasteiger partial charge on any atom is 0.408 e. The number of ether oxygens (including phenoxy) is 4. The van der Waals surface area contributed by atoms with Gasteiger partial charge in [-0.15, -0.1) is 0 Å². The lowest BCUT2D eigenvalue weighted by molar-refractivity contribution is 0.0392. The van der Waals surface area contributed by atoms with E-state index in [2.05, 4.69) is 17.4 Å². The molecule has 6 heteroatoms. The first-order chi connectivity index (χ1) is 16.3. The van der Waals surface area contributed by atoms with E-state index in [0.717, 1.165) is 43.6 Å². The number of carbonyl (C=O) groups excluding carboxylic acids is 1. The van der Waals surface area contributed by atoms with E-state index in [1.807, 2.05) is 70.2 Å². The van der Waals surface area contributed by atoms with Crippen LogP contribution in [0.2, 0.25) is 0 Å². The molecule has 190 valence electrons. The van der Waals surface area contributed by atoms with Crippen molar-refractivity contribution in [3.63, 3.8) is 0 Å². The topological polar surface area (TPSA) is 66.0 Å². The molecule has 0 radical (unpaired) electrons. The molecule has 1 N–H and O–H groups in total. The molecule has 0 heterocycles. The highest BCUT2D eigenvalue weighted by Crippen LogP contribution is 2.20. The van der Waals surface area contributed by atoms with Gasteiger partial charge in [0.25, 0.3) is 0 Å². The SMILES string of the molecule is C[C@@H](NC(=O)OC(C)(C)C)c1cccc(OCCCCCCOCCOCc2ccccc2)c1.[HH]. The number of unbranched alkanes of at least 4 members (excludes halogenated alkanes) is 3. The maximum atomic E-state index is 12.0. The third-order valence-electron chi connectivity index (χ3n) is 5.03. The highest BCUT2D eigenvalue weighted by molar-refractivity contribution is 5.68. The van der Waals surface area contributed by atoms with Gasteiger partial charge < -0.3 is 24.3 Å². The minimum absolute atomic E-state index is 0. The molecule has 0 bridgehead atoms. The van der Waals surface area contributed by atoms with Gasteiger partial charge in [0.05, 0.1) is 32.5 Å². The standard InChI is InChI=1S/C28H41NO5.H2/c1-23(29-27(30)34-28(2,3)4)25-15-12-16-26(21-25)33-18-11-6-5-10-17-31-19-20-32-22-24-13-8-7-9-14-24;/h7-9,12-16,21,23H,5-6,10-11,17-20,22H2,1-4H3,(H,29,30);1H/t23-;/m1./s1. The molecule has 6 nitrogen and oxygen atoms in total. The summed E-state index contributed by atoms with van der Waals surface area (Å²) < 4.78 is 22.5. The quantitative estimate of drug-likeness (QED) is 0.292. The Morgan fingerprint density at radius 1 is 0.882 bits per heavy atom. The predicted molar refractivity (Wildman–Crippen MR) is 137 cm³/mol. The Morgan fingerprint density at radius 3 is 2.32 bits per heavy atom. The van der Waals surface area contributed by atoms with Crippen LogP contribution in [-0.4, -0.2) is 38.1 Å². The fraction of sp³-hybridized carbons (Fsp3) is 0.536. The lowest BCUT2D eigenvalue weighted by atomic mass is 10.1. The van der Waals surface area contributed by atoms with Gasteiger partial charge in [0, 0.05) is 8.03 Å². The molecule has 0 aliphatic carbocycles. The zero-order chi connectivity index (χ0) is 24.7. The summed E-state index contributed by atoms with van der Waals surface area (Å²) in [5.74, 6) is 0.814. The van der Waals surface area contributed by atoms with Crippen LogP contribution >= 0.6 is 0 Å². The van der Waals surface area contributed by atoms with Crippen molar-refractivity contribution in [3.05, 3.63) is 65.7 Å². The molecule has 1 amide bonds. The molecular weight excluding hydrogens is 430 g/mol. The molecule has 0 saturated heterocycles. The Hall–Kier alpha value is -2.57. The normalized spacial score (nSPS) is 12.2. The molecule has 2 aromatic carbocycles. The van der Waals surface area contributed by atoms with Crippen LogP contribution in [-0.2, 0) is 20.8 Å². The monoisotopic (exact) mass is 473 g/mol. The number of hydrogen-bond acceptors (Lipinski definition) is 5. The fourth-order valence-electron chi connectivity index (χ4n) is 3.28. The molecule has 2 rings (SSSR count). The summed E-state index contributed by atoms with van der Waals surface area (Å²) in [6.07, 6.45) is 3.84. The molecule has 0 fully saturated rings. The van der Waals surface area contributed by atoms with E-state index in [4.69, 9.17) is 18.9 Å². The maximum absolute atomic E-state index is 12.0. The summed E-state index contributed by atoms with van der Waals surface area (Å²) in [5, 5.41) is 2.86. The van der Waals surface area contributed by atoms with Gasteiger partial charge in [-0.25, -0.2) is 4.79 Å². The Labute approximate surface area is 206 Å². The van der Waals surface area contributed by atoms with Crippen molar-refractivity contribution in [1.29, 1.82) is 0 Å². The Balaban J connectivity index is 0.00000612. The molecule has 0 unspecified atom stereocenters. The zero-order valence-electron chi connectivity index (χ0n) is 21.2. The van der Waals surface area contributed by atoms with Crippen LogP contribution < -0.4 is 10.1 Å². The summed E-state index contributed by atoms with van der Waals surface area (Å²) in [4.78, 5) is 12.0. The second kappa shape index (κ2) is 15.4. The van der Waals surface area contributed by atoms with Crippen molar-refractivity contribution in [3.8, 4) is 5.75 Å². The van der Waals surface area contributed by atoms with Gasteiger partial charge in [0.2, 0.25) is 0 Å². The van der Waals surface area contributed by atoms with E-state index in [0.29, 0.717) is 26.4 Å². The van der Waals surface area contributed by atoms with E-state index in [1.54, 1.807) is 0 Å². The number of carbonyl (C=O) groups is 1. The van der Waals surface area contributed by atoms with E-state index >= 15 is 0 Å². The number of rotatable bonds is 15. The number of alkyl carbamates (subject to hydrolysis) is 1. The van der Waals surface area contributed by atoms with E-state index in [-0.39, 0.29) is 7.47 Å². The van der Waals surface area contributed by atoms with Crippen molar-refractivity contribution in [2.75, 3.05) is 26.4 Å². The second-order valence-electron chi connectivity index (χ2n) is 9.35. The van der Waals surface area contributed by atoms with E-state index in [9.17, 15) is 4.79 Å². The summed E-state index contributed by atoms with van der Waals surface area (Å²) in [6.45, 7) is 10.8. The third-order valence-corrected chi connectivity index (χ3v) is 5.03. The van der Waals surface area contributed by atoms with Crippen molar-refractivity contribution >= 4 is 6.09 Å². The average molecular weight is 474 g/mol. The van der Waals surface area contributed by atoms with Crippen LogP contribution in [0.5, 0.6) is 5.75 Å². The third kappa shape index (κ3) is 12.6. The first-order valence-electron chi connectivity index (χ1n) is 12.3. The number of benzene rings is 2. The van der Waals surface area contributed by atoms with Crippen LogP contribution in [0.1, 0.15) is 72.0 Å². The minimum atomic E-state index is -0.516. The summed E-state index contributed by atoms with van der Waals surface area (Å²) in [5.41, 5.74) is 1.65. The van der Waals surface area contributed by atoms with Crippen molar-refractivity contribution < 1.29 is 25.2 Å². The average Bonchev–Trinajstić information content (AvgIpc) is 2.79. The molecule has 0 aromatic heterocycles. The number of nitrogens with one attached hydrogen (secondary N) is 1. The zero-order valence-corrected chi connectivity index (χ0v) is 21.2. The first-order valence-corrected chi connectivity index (χ1v) is 12.3. The summed E-state index contributed by atoms with van der Waals surface area (Å²) in [7, 11) is 0. The first kappa shape index (κ1) is 27.7. The molecule has 1 atom stereocenters. The van der Waals surface area contributed by atoms with Gasteiger partial charge in [-0.2, -0.15) is 0 Å². The van der Waals surface area contributed by atoms with Crippen molar-refractivity contribution in [2.24, 2.45) is 0 Å². The Kier molecular flexibility index (Phi) is 12.5. The molecule has 0 aliphatic rings. The Bertz CT molecular complexity index is 826. The number of amides is 1. The predicted octanol–water partition coefficient (Wildman–Crippen LogP) is 6.69. The van der Waals surface area contributed by atoms with Gasteiger partial charge in [-0.05, 0) is 70.2 Å². The smallest absolute Gasteiger partial charge is 0.408 e. The fourth-order valence-corrected chi connectivity index (χ4v) is 3.28. The highest BCUT2D eigenvalue weighted by atomic mass is 16.6. The molecule has 2 aromatic rings. The van der Waals surface area contributed by atoms with Gasteiger partial charge in [0.15, 0.2) is 0 Å². The molecule has 0 spiro atoms. The minimum Gasteiger partial charge on any atom is -0.494 e. The van der Waals surface area contributed by atoms with Gasteiger partial charge in [0.1, 0.15) is 11.4 Å². The summed E-state index contributed by atoms with van der Waals surface area (Å²) in [6, 6.07) is 17.8. The molecule has 34 heavy (non-hydrogen) atoms. The van der Waals surface area contributed by atoms with Crippen LogP contribution in [0, 0.1) is 0 Å². The van der Waals surface area contributed by atoms with Gasteiger partial charge in [-0.3, -0.25) is 0 Å². The lowest BCUT2D eigenvalue weighted by Crippen LogP contribution is -2.34. The van der Waals surface area contributed by atoms with Crippen LogP contribution in [0.25, 0.3) is 0 Å². The van der Waals surface area contributed by atoms with Crippen molar-refractivity contribution in [2.45, 2.75) is 71.6 Å². The molecule has 0 saturated carbocycles. The lowest BCUT2D eigenvalue weighted by Gasteiger charge is -2.22. The van der Waals surface area contributed by atoms with E-state index in [1.165, 1.54) is 5.56 Å². The largest absolute Gasteiger partial charge is 0.494 e. The molecular formula is C28H43NO5. The Morgan fingerprint density at radius 2 is 1.59 bits per heavy atom. The van der Waals surface area contributed by atoms with Crippen LogP contribution in [0.4, 0.5) is 4.79 Å².